The third-order valence-corrected chi connectivity index (χ3v) is 8.01. The van der Waals surface area contributed by atoms with E-state index in [0.717, 1.165) is 38.0 Å². The molecule has 2 heterocycles. The van der Waals surface area contributed by atoms with Gasteiger partial charge < -0.3 is 25.4 Å². The fourth-order valence-corrected chi connectivity index (χ4v) is 5.73. The van der Waals surface area contributed by atoms with Crippen molar-refractivity contribution in [1.82, 2.24) is 20.4 Å². The predicted octanol–water partition coefficient (Wildman–Crippen LogP) is 3.71. The number of benzene rings is 2. The summed E-state index contributed by atoms with van der Waals surface area (Å²) in [6, 6.07) is 14.4. The first-order chi connectivity index (χ1) is 19.8. The summed E-state index contributed by atoms with van der Waals surface area (Å²) < 4.78 is 5.95. The first kappa shape index (κ1) is 30.5. The fourth-order valence-electron chi connectivity index (χ4n) is 5.73. The minimum absolute atomic E-state index is 0.0128. The summed E-state index contributed by atoms with van der Waals surface area (Å²) in [5, 5.41) is 14.6. The van der Waals surface area contributed by atoms with Crippen molar-refractivity contribution < 1.29 is 24.2 Å². The second-order valence-electron chi connectivity index (χ2n) is 11.6. The van der Waals surface area contributed by atoms with Gasteiger partial charge in [-0.05, 0) is 73.6 Å². The van der Waals surface area contributed by atoms with E-state index in [1.165, 1.54) is 0 Å². The Labute approximate surface area is 243 Å². The maximum atomic E-state index is 13.5. The maximum Gasteiger partial charge on any atom is 0.251 e. The molecule has 0 unspecified atom stereocenters. The van der Waals surface area contributed by atoms with Gasteiger partial charge in [0.2, 0.25) is 11.8 Å². The number of carbonyl (C=O) groups excluding carboxylic acids is 3. The van der Waals surface area contributed by atoms with E-state index in [1.54, 1.807) is 24.3 Å². The zero-order chi connectivity index (χ0) is 29.4. The Morgan fingerprint density at radius 2 is 1.71 bits per heavy atom. The lowest BCUT2D eigenvalue weighted by Crippen LogP contribution is -2.73. The van der Waals surface area contributed by atoms with Gasteiger partial charge in [0.1, 0.15) is 23.1 Å². The Kier molecular flexibility index (Phi) is 10.4. The lowest BCUT2D eigenvalue weighted by molar-refractivity contribution is -0.161. The van der Waals surface area contributed by atoms with Crippen LogP contribution in [0.4, 0.5) is 0 Å². The van der Waals surface area contributed by atoms with Gasteiger partial charge in [-0.3, -0.25) is 19.3 Å². The van der Waals surface area contributed by atoms with Gasteiger partial charge in [-0.15, -0.1) is 0 Å². The second kappa shape index (κ2) is 14.0. The number of rotatable bonds is 12. The van der Waals surface area contributed by atoms with Gasteiger partial charge in [0, 0.05) is 38.3 Å². The number of aliphatic hydroxyl groups excluding tert-OH is 1. The van der Waals surface area contributed by atoms with Crippen LogP contribution in [0.25, 0.3) is 0 Å². The summed E-state index contributed by atoms with van der Waals surface area (Å²) in [5.74, 6) is 1.51. The third-order valence-electron chi connectivity index (χ3n) is 8.01. The number of hydrogen-bond acceptors (Lipinski definition) is 6. The topological polar surface area (TPSA) is 111 Å². The highest BCUT2D eigenvalue weighted by atomic mass is 16.5. The molecule has 9 nitrogen and oxygen atoms in total. The molecule has 0 aliphatic carbocycles. The number of aliphatic hydroxyl groups is 1. The normalized spacial score (nSPS) is 19.0. The van der Waals surface area contributed by atoms with Crippen LogP contribution < -0.4 is 15.4 Å². The van der Waals surface area contributed by atoms with Crippen LogP contribution in [0.1, 0.15) is 68.8 Å². The largest absolute Gasteiger partial charge is 0.457 e. The highest BCUT2D eigenvalue weighted by Crippen LogP contribution is 2.35. The molecule has 9 heteroatoms. The van der Waals surface area contributed by atoms with Crippen molar-refractivity contribution in [3.05, 3.63) is 59.7 Å². The number of nitrogens with one attached hydrogen (secondary N) is 2. The highest BCUT2D eigenvalue weighted by Gasteiger charge is 2.53. The number of carbonyl (C=O) groups is 3. The summed E-state index contributed by atoms with van der Waals surface area (Å²) in [6.07, 6.45) is 3.83. The zero-order valence-corrected chi connectivity index (χ0v) is 24.5. The van der Waals surface area contributed by atoms with Crippen LogP contribution in [0.15, 0.2) is 48.5 Å². The highest BCUT2D eigenvalue weighted by molar-refractivity contribution is 6.00. The molecular formula is C32H44N4O5. The molecule has 2 aliphatic heterocycles. The molecule has 41 heavy (non-hydrogen) atoms. The van der Waals surface area contributed by atoms with E-state index in [4.69, 9.17) is 9.84 Å². The zero-order valence-electron chi connectivity index (χ0n) is 24.5. The second-order valence-corrected chi connectivity index (χ2v) is 11.6. The molecule has 2 aromatic carbocycles. The lowest BCUT2D eigenvalue weighted by Gasteiger charge is -2.52. The Balaban J connectivity index is 1.33. The standard InChI is InChI=1S/C32H44N4O5/c1-4-5-17-36-30(39)28(21-23(2)3)34-31(40)32(36)14-18-35(19-15-32)22-24-6-10-26(11-7-24)41-27-12-8-25(9-13-27)29(38)33-16-20-37/h6-13,23,28,37H,4-5,14-22H2,1-3H3,(H,33,38)(H,34,40)/t28-/m0/s1. The average molecular weight is 565 g/mol. The number of ether oxygens (including phenoxy) is 1. The lowest BCUT2D eigenvalue weighted by atomic mass is 9.80. The SMILES string of the molecule is CCCCN1C(=O)[C@H](CC(C)C)NC(=O)C12CCN(Cc1ccc(Oc3ccc(C(=O)NCCO)cc3)cc1)CC2. The maximum absolute atomic E-state index is 13.5. The molecular weight excluding hydrogens is 520 g/mol. The molecule has 222 valence electrons. The van der Waals surface area contributed by atoms with Crippen molar-refractivity contribution in [1.29, 1.82) is 0 Å². The van der Waals surface area contributed by atoms with Crippen LogP contribution in [0.5, 0.6) is 11.5 Å². The molecule has 2 aliphatic rings. The van der Waals surface area contributed by atoms with Crippen LogP contribution in [-0.2, 0) is 16.1 Å². The Hall–Kier alpha value is -3.43. The summed E-state index contributed by atoms with van der Waals surface area (Å²) in [4.78, 5) is 43.2. The van der Waals surface area contributed by atoms with Gasteiger partial charge in [-0.25, -0.2) is 0 Å². The summed E-state index contributed by atoms with van der Waals surface area (Å²) in [7, 11) is 0. The summed E-state index contributed by atoms with van der Waals surface area (Å²) >= 11 is 0. The van der Waals surface area contributed by atoms with E-state index < -0.39 is 11.6 Å². The van der Waals surface area contributed by atoms with Crippen LogP contribution in [-0.4, -0.2) is 77.0 Å². The summed E-state index contributed by atoms with van der Waals surface area (Å²) in [6.45, 7) is 9.28. The van der Waals surface area contributed by atoms with E-state index in [1.807, 2.05) is 29.2 Å². The number of hydrogen-bond donors (Lipinski definition) is 3. The van der Waals surface area contributed by atoms with Crippen LogP contribution >= 0.6 is 0 Å². The Bertz CT molecular complexity index is 1170. The molecule has 0 radical (unpaired) electrons. The predicted molar refractivity (Wildman–Crippen MR) is 158 cm³/mol. The van der Waals surface area contributed by atoms with Crippen molar-refractivity contribution in [2.75, 3.05) is 32.8 Å². The number of piperidine rings is 1. The van der Waals surface area contributed by atoms with Crippen LogP contribution in [0.3, 0.4) is 0 Å². The number of likely N-dealkylation sites (tertiary alicyclic amines) is 1. The third kappa shape index (κ3) is 7.45. The smallest absolute Gasteiger partial charge is 0.251 e. The van der Waals surface area contributed by atoms with Gasteiger partial charge in [0.25, 0.3) is 5.91 Å². The van der Waals surface area contributed by atoms with Gasteiger partial charge in [0.15, 0.2) is 0 Å². The minimum Gasteiger partial charge on any atom is -0.457 e. The number of piperazine rings is 1. The van der Waals surface area contributed by atoms with Gasteiger partial charge in [0.05, 0.1) is 6.61 Å². The quantitative estimate of drug-likeness (QED) is 0.363. The van der Waals surface area contributed by atoms with Crippen molar-refractivity contribution in [2.45, 2.75) is 71.0 Å². The molecule has 4 rings (SSSR count). The molecule has 1 spiro atoms. The Morgan fingerprint density at radius 3 is 2.29 bits per heavy atom. The molecule has 3 N–H and O–H groups in total. The molecule has 3 amide bonds. The first-order valence-corrected chi connectivity index (χ1v) is 14.9. The van der Waals surface area contributed by atoms with Gasteiger partial charge in [-0.1, -0.05) is 39.3 Å². The van der Waals surface area contributed by atoms with E-state index in [9.17, 15) is 14.4 Å². The van der Waals surface area contributed by atoms with E-state index in [0.29, 0.717) is 48.8 Å². The van der Waals surface area contributed by atoms with Crippen LogP contribution in [0.2, 0.25) is 0 Å². The minimum atomic E-state index is -0.747. The molecule has 2 aromatic rings. The van der Waals surface area contributed by atoms with Crippen molar-refractivity contribution in [2.24, 2.45) is 5.92 Å². The van der Waals surface area contributed by atoms with Gasteiger partial charge >= 0.3 is 0 Å². The number of amides is 3. The van der Waals surface area contributed by atoms with Crippen molar-refractivity contribution in [3.63, 3.8) is 0 Å². The van der Waals surface area contributed by atoms with Crippen molar-refractivity contribution >= 4 is 17.7 Å². The molecule has 2 fully saturated rings. The van der Waals surface area contributed by atoms with Gasteiger partial charge in [-0.2, -0.15) is 0 Å². The van der Waals surface area contributed by atoms with Crippen LogP contribution in [0, 0.1) is 5.92 Å². The fraction of sp³-hybridized carbons (Fsp3) is 0.531. The summed E-state index contributed by atoms with van der Waals surface area (Å²) in [5.41, 5.74) is 0.903. The monoisotopic (exact) mass is 564 g/mol. The molecule has 0 bridgehead atoms. The van der Waals surface area contributed by atoms with Crippen molar-refractivity contribution in [3.8, 4) is 11.5 Å². The Morgan fingerprint density at radius 1 is 1.07 bits per heavy atom. The number of nitrogens with zero attached hydrogens (tertiary/aromatic N) is 2. The average Bonchev–Trinajstić information content (AvgIpc) is 2.97. The van der Waals surface area contributed by atoms with E-state index >= 15 is 0 Å². The first-order valence-electron chi connectivity index (χ1n) is 14.9. The molecule has 0 saturated carbocycles. The molecule has 0 aromatic heterocycles. The van der Waals surface area contributed by atoms with E-state index in [-0.39, 0.29) is 30.9 Å². The van der Waals surface area contributed by atoms with E-state index in [2.05, 4.69) is 36.3 Å². The molecule has 2 saturated heterocycles. The molecule has 1 atom stereocenters. The number of unbranched alkanes of at least 4 members (excludes halogenated alkanes) is 1.